The van der Waals surface area contributed by atoms with E-state index in [9.17, 15) is 9.46 Å². The summed E-state index contributed by atoms with van der Waals surface area (Å²) in [6.07, 6.45) is 0.677. The monoisotopic (exact) mass is 384 g/mol. The van der Waals surface area contributed by atoms with Gasteiger partial charge in [0.05, 0.1) is 30.6 Å². The third kappa shape index (κ3) is 4.17. The summed E-state index contributed by atoms with van der Waals surface area (Å²) < 4.78 is 35.7. The van der Waals surface area contributed by atoms with Gasteiger partial charge >= 0.3 is 7.82 Å². The number of nitrogens with zero attached hydrogens (tertiary/aromatic N) is 2. The molecule has 0 bridgehead atoms. The number of benzene rings is 1. The molecule has 1 fully saturated rings. The Morgan fingerprint density at radius 1 is 1.38 bits per heavy atom. The van der Waals surface area contributed by atoms with E-state index in [2.05, 4.69) is 4.98 Å². The van der Waals surface area contributed by atoms with E-state index in [-0.39, 0.29) is 19.4 Å². The van der Waals surface area contributed by atoms with E-state index < -0.39 is 20.0 Å². The fourth-order valence-corrected chi connectivity index (χ4v) is 4.11. The number of phosphoric acid groups is 1. The van der Waals surface area contributed by atoms with Gasteiger partial charge < -0.3 is 18.9 Å². The van der Waals surface area contributed by atoms with Crippen LogP contribution in [0.2, 0.25) is 0 Å². The molecule has 8 nitrogen and oxygen atoms in total. The molecule has 1 aliphatic rings. The average molecular weight is 384 g/mol. The minimum Gasteiger partial charge on any atom is -0.379 e. The second-order valence-electron chi connectivity index (χ2n) is 6.15. The molecule has 0 saturated carbocycles. The lowest BCUT2D eigenvalue weighted by Crippen LogP contribution is -2.28. The molecule has 144 valence electrons. The van der Waals surface area contributed by atoms with Crippen molar-refractivity contribution in [2.75, 3.05) is 19.8 Å². The molecule has 0 aliphatic carbocycles. The number of hydrogen-bond acceptors (Lipinski definition) is 6. The SMILES string of the molecule is CCOC[C@H]1O[C@@H](n2cnc3c(C)cccc32)C[C@@H]1OP(=O)(O)OCC. The molecule has 0 spiro atoms. The molecular formula is C17H25N2O6P. The molecule has 1 saturated heterocycles. The molecule has 1 aromatic carbocycles. The Labute approximate surface area is 152 Å². The molecule has 1 aromatic heterocycles. The molecule has 2 heterocycles. The summed E-state index contributed by atoms with van der Waals surface area (Å²) in [5.41, 5.74) is 2.93. The fourth-order valence-electron chi connectivity index (χ4n) is 3.16. The lowest BCUT2D eigenvalue weighted by Gasteiger charge is -2.20. The second-order valence-corrected chi connectivity index (χ2v) is 7.56. The van der Waals surface area contributed by atoms with Crippen LogP contribution in [-0.4, -0.2) is 46.5 Å². The van der Waals surface area contributed by atoms with Crippen LogP contribution in [0.3, 0.4) is 0 Å². The van der Waals surface area contributed by atoms with Crippen LogP contribution in [-0.2, 0) is 23.1 Å². The van der Waals surface area contributed by atoms with E-state index in [4.69, 9.17) is 18.5 Å². The average Bonchev–Trinajstić information content (AvgIpc) is 3.17. The molecule has 1 N–H and O–H groups in total. The molecule has 0 radical (unpaired) electrons. The largest absolute Gasteiger partial charge is 0.472 e. The van der Waals surface area contributed by atoms with Gasteiger partial charge in [0.25, 0.3) is 0 Å². The molecule has 1 aliphatic heterocycles. The lowest BCUT2D eigenvalue weighted by molar-refractivity contribution is -0.0593. The first-order valence-electron chi connectivity index (χ1n) is 8.76. The van der Waals surface area contributed by atoms with Crippen molar-refractivity contribution >= 4 is 18.9 Å². The second kappa shape index (κ2) is 8.17. The highest BCUT2D eigenvalue weighted by molar-refractivity contribution is 7.47. The van der Waals surface area contributed by atoms with Gasteiger partial charge in [-0.05, 0) is 32.4 Å². The van der Waals surface area contributed by atoms with Crippen LogP contribution >= 0.6 is 7.82 Å². The van der Waals surface area contributed by atoms with Crippen LogP contribution in [0.4, 0.5) is 0 Å². The van der Waals surface area contributed by atoms with Crippen molar-refractivity contribution in [3.63, 3.8) is 0 Å². The van der Waals surface area contributed by atoms with Crippen molar-refractivity contribution in [3.05, 3.63) is 30.1 Å². The number of aryl methyl sites for hydroxylation is 1. The van der Waals surface area contributed by atoms with Gasteiger partial charge in [0.15, 0.2) is 0 Å². The zero-order valence-electron chi connectivity index (χ0n) is 15.2. The summed E-state index contributed by atoms with van der Waals surface area (Å²) in [5, 5.41) is 0. The van der Waals surface area contributed by atoms with E-state index in [1.165, 1.54) is 0 Å². The Morgan fingerprint density at radius 2 is 2.19 bits per heavy atom. The third-order valence-corrected chi connectivity index (χ3v) is 5.47. The maximum absolute atomic E-state index is 12.0. The van der Waals surface area contributed by atoms with Crippen LogP contribution in [0, 0.1) is 6.92 Å². The number of phosphoric ester groups is 1. The minimum atomic E-state index is -4.13. The molecule has 3 rings (SSSR count). The van der Waals surface area contributed by atoms with Crippen molar-refractivity contribution < 1.29 is 28.0 Å². The number of aromatic nitrogens is 2. The first kappa shape index (κ1) is 19.5. The Morgan fingerprint density at radius 3 is 2.92 bits per heavy atom. The van der Waals surface area contributed by atoms with E-state index >= 15 is 0 Å². The molecule has 1 unspecified atom stereocenters. The van der Waals surface area contributed by atoms with Gasteiger partial charge in [-0.25, -0.2) is 9.55 Å². The lowest BCUT2D eigenvalue weighted by atomic mass is 10.2. The smallest absolute Gasteiger partial charge is 0.379 e. The maximum atomic E-state index is 12.0. The Hall–Kier alpha value is -1.28. The summed E-state index contributed by atoms with van der Waals surface area (Å²) in [4.78, 5) is 14.3. The normalized spacial score (nSPS) is 25.6. The summed E-state index contributed by atoms with van der Waals surface area (Å²) in [5.74, 6) is 0. The Bertz CT molecular complexity index is 795. The van der Waals surface area contributed by atoms with Gasteiger partial charge in [-0.3, -0.25) is 9.05 Å². The third-order valence-electron chi connectivity index (χ3n) is 4.34. The van der Waals surface area contributed by atoms with Crippen LogP contribution in [0.5, 0.6) is 0 Å². The predicted molar refractivity (Wildman–Crippen MR) is 95.8 cm³/mol. The topological polar surface area (TPSA) is 92.0 Å². The van der Waals surface area contributed by atoms with Gasteiger partial charge in [0.1, 0.15) is 18.4 Å². The first-order chi connectivity index (χ1) is 12.4. The number of rotatable bonds is 8. The fraction of sp³-hybridized carbons (Fsp3) is 0.588. The van der Waals surface area contributed by atoms with Crippen LogP contribution in [0.1, 0.15) is 32.1 Å². The molecular weight excluding hydrogens is 359 g/mol. The summed E-state index contributed by atoms with van der Waals surface area (Å²) in [7, 11) is -4.13. The zero-order chi connectivity index (χ0) is 18.7. The van der Waals surface area contributed by atoms with E-state index in [1.54, 1.807) is 13.3 Å². The van der Waals surface area contributed by atoms with E-state index in [0.717, 1.165) is 16.6 Å². The van der Waals surface area contributed by atoms with E-state index in [1.807, 2.05) is 36.6 Å². The Balaban J connectivity index is 1.83. The Kier molecular flexibility index (Phi) is 6.12. The van der Waals surface area contributed by atoms with Gasteiger partial charge in [-0.15, -0.1) is 0 Å². The summed E-state index contributed by atoms with van der Waals surface area (Å²) in [6.45, 7) is 6.40. The van der Waals surface area contributed by atoms with Crippen molar-refractivity contribution in [1.29, 1.82) is 0 Å². The highest BCUT2D eigenvalue weighted by Gasteiger charge is 2.41. The van der Waals surface area contributed by atoms with Crippen molar-refractivity contribution in [3.8, 4) is 0 Å². The number of imidazole rings is 1. The number of hydrogen-bond donors (Lipinski definition) is 1. The van der Waals surface area contributed by atoms with Crippen LogP contribution < -0.4 is 0 Å². The zero-order valence-corrected chi connectivity index (χ0v) is 16.1. The van der Waals surface area contributed by atoms with Gasteiger partial charge in [-0.1, -0.05) is 12.1 Å². The van der Waals surface area contributed by atoms with Gasteiger partial charge in [-0.2, -0.15) is 0 Å². The highest BCUT2D eigenvalue weighted by atomic mass is 31.2. The standard InChI is InChI=1S/C17H25N2O6P/c1-4-22-10-15-14(25-26(20,21)23-5-2)9-16(24-15)19-11-18-17-12(3)7-6-8-13(17)19/h6-8,11,14-16H,4-5,9-10H2,1-3H3,(H,20,21)/t14-,15+,16+/m0/s1. The molecule has 4 atom stereocenters. The molecule has 2 aromatic rings. The molecule has 26 heavy (non-hydrogen) atoms. The first-order valence-corrected chi connectivity index (χ1v) is 10.3. The van der Waals surface area contributed by atoms with Crippen molar-refractivity contribution in [2.24, 2.45) is 0 Å². The van der Waals surface area contributed by atoms with Crippen molar-refractivity contribution in [1.82, 2.24) is 9.55 Å². The summed E-state index contributed by atoms with van der Waals surface area (Å²) in [6, 6.07) is 5.94. The maximum Gasteiger partial charge on any atom is 0.472 e. The van der Waals surface area contributed by atoms with E-state index in [0.29, 0.717) is 13.0 Å². The quantitative estimate of drug-likeness (QED) is 0.699. The van der Waals surface area contributed by atoms with Crippen LogP contribution in [0.25, 0.3) is 11.0 Å². The van der Waals surface area contributed by atoms with Crippen molar-refractivity contribution in [2.45, 2.75) is 45.6 Å². The van der Waals surface area contributed by atoms with Gasteiger partial charge in [0.2, 0.25) is 0 Å². The number of fused-ring (bicyclic) bond motifs is 1. The number of para-hydroxylation sites is 1. The summed E-state index contributed by atoms with van der Waals surface area (Å²) >= 11 is 0. The predicted octanol–water partition coefficient (Wildman–Crippen LogP) is 3.19. The molecule has 9 heteroatoms. The highest BCUT2D eigenvalue weighted by Crippen LogP contribution is 2.48. The minimum absolute atomic E-state index is 0.0896. The van der Waals surface area contributed by atoms with Crippen LogP contribution in [0.15, 0.2) is 24.5 Å². The van der Waals surface area contributed by atoms with Gasteiger partial charge in [0, 0.05) is 13.0 Å². The molecule has 0 amide bonds. The number of ether oxygens (including phenoxy) is 2.